The SMILES string of the molecule is C[C@H](C(=O)Nc1cccc2c(=O)n(Cc3ccccc3C(N)=O)ccc12)c1ccc(Cl)c(Cl)c1. The number of nitrogens with two attached hydrogens (primary N) is 1. The summed E-state index contributed by atoms with van der Waals surface area (Å²) in [6.45, 7) is 1.96. The molecule has 0 fully saturated rings. The Bertz CT molecular complexity index is 1480. The molecule has 172 valence electrons. The summed E-state index contributed by atoms with van der Waals surface area (Å²) in [6, 6.07) is 18.9. The largest absolute Gasteiger partial charge is 0.366 e. The lowest BCUT2D eigenvalue weighted by molar-refractivity contribution is -0.117. The molecule has 8 heteroatoms. The summed E-state index contributed by atoms with van der Waals surface area (Å²) < 4.78 is 1.51. The van der Waals surface area contributed by atoms with Gasteiger partial charge in [0.1, 0.15) is 0 Å². The van der Waals surface area contributed by atoms with Crippen molar-refractivity contribution in [1.82, 2.24) is 4.57 Å². The summed E-state index contributed by atoms with van der Waals surface area (Å²) >= 11 is 12.1. The molecule has 0 aliphatic rings. The standard InChI is InChI=1S/C26H21Cl2N3O3/c1-15(16-9-10-21(27)22(28)13-16)25(33)30-23-8-4-7-20-19(23)11-12-31(26(20)34)14-17-5-2-3-6-18(17)24(29)32/h2-13,15H,14H2,1H3,(H2,29,32)(H,30,33)/t15-/m0/s1. The summed E-state index contributed by atoms with van der Waals surface area (Å²) in [4.78, 5) is 37.8. The van der Waals surface area contributed by atoms with Gasteiger partial charge >= 0.3 is 0 Å². The maximum atomic E-state index is 13.2. The summed E-state index contributed by atoms with van der Waals surface area (Å²) in [5.74, 6) is -1.29. The van der Waals surface area contributed by atoms with Crippen molar-refractivity contribution in [2.24, 2.45) is 5.73 Å². The molecule has 0 spiro atoms. The molecular formula is C26H21Cl2N3O3. The molecule has 1 atom stereocenters. The van der Waals surface area contributed by atoms with E-state index in [0.717, 1.165) is 5.56 Å². The predicted octanol–water partition coefficient (Wildman–Crippen LogP) is 5.20. The Morgan fingerprint density at radius 3 is 2.47 bits per heavy atom. The van der Waals surface area contributed by atoms with Crippen LogP contribution < -0.4 is 16.6 Å². The fraction of sp³-hybridized carbons (Fsp3) is 0.115. The van der Waals surface area contributed by atoms with Gasteiger partial charge in [0.05, 0.1) is 22.5 Å². The molecule has 3 aromatic carbocycles. The number of hydrogen-bond donors (Lipinski definition) is 2. The second-order valence-corrected chi connectivity index (χ2v) is 8.74. The zero-order chi connectivity index (χ0) is 24.4. The average molecular weight is 494 g/mol. The van der Waals surface area contributed by atoms with Gasteiger partial charge in [-0.2, -0.15) is 0 Å². The van der Waals surface area contributed by atoms with E-state index in [1.165, 1.54) is 4.57 Å². The van der Waals surface area contributed by atoms with Gasteiger partial charge in [-0.1, -0.05) is 53.5 Å². The molecule has 0 saturated heterocycles. The van der Waals surface area contributed by atoms with Crippen molar-refractivity contribution in [2.75, 3.05) is 5.32 Å². The van der Waals surface area contributed by atoms with Crippen LogP contribution in [0.1, 0.15) is 34.3 Å². The number of anilines is 1. The first kappa shape index (κ1) is 23.5. The van der Waals surface area contributed by atoms with Gasteiger partial charge in [0.15, 0.2) is 0 Å². The van der Waals surface area contributed by atoms with E-state index < -0.39 is 11.8 Å². The number of hydrogen-bond acceptors (Lipinski definition) is 3. The van der Waals surface area contributed by atoms with Gasteiger partial charge in [-0.15, -0.1) is 0 Å². The van der Waals surface area contributed by atoms with Crippen molar-refractivity contribution in [3.05, 3.63) is 110 Å². The maximum absolute atomic E-state index is 13.2. The van der Waals surface area contributed by atoms with E-state index in [0.29, 0.717) is 37.6 Å². The number of aromatic nitrogens is 1. The van der Waals surface area contributed by atoms with Crippen LogP contribution in [0, 0.1) is 0 Å². The van der Waals surface area contributed by atoms with E-state index in [1.54, 1.807) is 79.9 Å². The van der Waals surface area contributed by atoms with Crippen LogP contribution in [0.3, 0.4) is 0 Å². The maximum Gasteiger partial charge on any atom is 0.258 e. The minimum Gasteiger partial charge on any atom is -0.366 e. The first-order chi connectivity index (χ1) is 16.3. The van der Waals surface area contributed by atoms with E-state index in [2.05, 4.69) is 5.32 Å². The summed E-state index contributed by atoms with van der Waals surface area (Å²) in [5.41, 5.74) is 7.49. The first-order valence-corrected chi connectivity index (χ1v) is 11.3. The summed E-state index contributed by atoms with van der Waals surface area (Å²) in [5, 5.41) is 4.77. The van der Waals surface area contributed by atoms with Gasteiger partial charge < -0.3 is 15.6 Å². The van der Waals surface area contributed by atoms with Crippen LogP contribution in [-0.2, 0) is 11.3 Å². The highest BCUT2D eigenvalue weighted by atomic mass is 35.5. The van der Waals surface area contributed by atoms with Crippen molar-refractivity contribution in [3.63, 3.8) is 0 Å². The average Bonchev–Trinajstić information content (AvgIpc) is 2.82. The van der Waals surface area contributed by atoms with Crippen LogP contribution in [0.15, 0.2) is 77.7 Å². The highest BCUT2D eigenvalue weighted by molar-refractivity contribution is 6.42. The Hall–Kier alpha value is -3.61. The fourth-order valence-electron chi connectivity index (χ4n) is 3.81. The lowest BCUT2D eigenvalue weighted by Crippen LogP contribution is -2.23. The molecule has 0 bridgehead atoms. The molecule has 4 aromatic rings. The number of carbonyl (C=O) groups is 2. The number of amides is 2. The highest BCUT2D eigenvalue weighted by Crippen LogP contribution is 2.28. The number of benzene rings is 3. The van der Waals surface area contributed by atoms with Crippen molar-refractivity contribution in [2.45, 2.75) is 19.4 Å². The number of pyridine rings is 1. The fourth-order valence-corrected chi connectivity index (χ4v) is 4.11. The number of nitrogens with one attached hydrogen (secondary N) is 1. The van der Waals surface area contributed by atoms with Crippen molar-refractivity contribution in [1.29, 1.82) is 0 Å². The lowest BCUT2D eigenvalue weighted by atomic mass is 10.00. The van der Waals surface area contributed by atoms with E-state index in [4.69, 9.17) is 28.9 Å². The third kappa shape index (κ3) is 4.69. The quantitative estimate of drug-likeness (QED) is 0.386. The molecule has 2 amide bonds. The Labute approximate surface area is 205 Å². The van der Waals surface area contributed by atoms with Gasteiger partial charge in [-0.05, 0) is 54.4 Å². The number of nitrogens with zero attached hydrogens (tertiary/aromatic N) is 1. The summed E-state index contributed by atoms with van der Waals surface area (Å²) in [6.07, 6.45) is 1.64. The van der Waals surface area contributed by atoms with Gasteiger partial charge in [-0.25, -0.2) is 0 Å². The third-order valence-electron chi connectivity index (χ3n) is 5.74. The molecule has 1 heterocycles. The summed E-state index contributed by atoms with van der Waals surface area (Å²) in [7, 11) is 0. The molecular weight excluding hydrogens is 473 g/mol. The molecule has 0 aliphatic carbocycles. The van der Waals surface area contributed by atoms with Crippen LogP contribution in [-0.4, -0.2) is 16.4 Å². The molecule has 1 aromatic heterocycles. The molecule has 4 rings (SSSR count). The van der Waals surface area contributed by atoms with Crippen molar-refractivity contribution in [3.8, 4) is 0 Å². The monoisotopic (exact) mass is 493 g/mol. The van der Waals surface area contributed by atoms with Gasteiger partial charge in [0.2, 0.25) is 11.8 Å². The van der Waals surface area contributed by atoms with Gasteiger partial charge in [-0.3, -0.25) is 14.4 Å². The zero-order valence-corrected chi connectivity index (χ0v) is 19.7. The Balaban J connectivity index is 1.64. The van der Waals surface area contributed by atoms with Crippen molar-refractivity contribution >= 4 is 51.5 Å². The molecule has 3 N–H and O–H groups in total. The molecule has 0 unspecified atom stereocenters. The number of rotatable bonds is 6. The molecule has 0 saturated carbocycles. The second-order valence-electron chi connectivity index (χ2n) is 7.92. The Kier molecular flexibility index (Phi) is 6.72. The second kappa shape index (κ2) is 9.71. The van der Waals surface area contributed by atoms with Gasteiger partial charge in [0.25, 0.3) is 5.56 Å². The number of halogens is 2. The minimum atomic E-state index is -0.550. The zero-order valence-electron chi connectivity index (χ0n) is 18.2. The smallest absolute Gasteiger partial charge is 0.258 e. The van der Waals surface area contributed by atoms with Crippen LogP contribution in [0.25, 0.3) is 10.8 Å². The molecule has 6 nitrogen and oxygen atoms in total. The topological polar surface area (TPSA) is 94.2 Å². The van der Waals surface area contributed by atoms with Crippen LogP contribution >= 0.6 is 23.2 Å². The van der Waals surface area contributed by atoms with Crippen LogP contribution in [0.5, 0.6) is 0 Å². The minimum absolute atomic E-state index is 0.193. The molecule has 34 heavy (non-hydrogen) atoms. The van der Waals surface area contributed by atoms with Crippen molar-refractivity contribution < 1.29 is 9.59 Å². The number of carbonyl (C=O) groups excluding carboxylic acids is 2. The number of fused-ring (bicyclic) bond motifs is 1. The Morgan fingerprint density at radius 1 is 0.971 bits per heavy atom. The lowest BCUT2D eigenvalue weighted by Gasteiger charge is -2.15. The molecule has 0 aliphatic heterocycles. The van der Waals surface area contributed by atoms with E-state index in [-0.39, 0.29) is 18.0 Å². The van der Waals surface area contributed by atoms with Crippen LogP contribution in [0.4, 0.5) is 5.69 Å². The van der Waals surface area contributed by atoms with Gasteiger partial charge in [0, 0.05) is 28.2 Å². The highest BCUT2D eigenvalue weighted by Gasteiger charge is 2.18. The van der Waals surface area contributed by atoms with E-state index in [9.17, 15) is 14.4 Å². The third-order valence-corrected chi connectivity index (χ3v) is 6.48. The van der Waals surface area contributed by atoms with E-state index in [1.807, 2.05) is 0 Å². The molecule has 0 radical (unpaired) electrons. The van der Waals surface area contributed by atoms with E-state index >= 15 is 0 Å². The Morgan fingerprint density at radius 2 is 1.74 bits per heavy atom. The predicted molar refractivity (Wildman–Crippen MR) is 136 cm³/mol. The number of primary amides is 1. The first-order valence-electron chi connectivity index (χ1n) is 10.5. The van der Waals surface area contributed by atoms with Crippen LogP contribution in [0.2, 0.25) is 10.0 Å². The normalized spacial score (nSPS) is 11.9.